The Morgan fingerprint density at radius 1 is 1.17 bits per heavy atom. The van der Waals surface area contributed by atoms with E-state index in [0.29, 0.717) is 11.3 Å². The first kappa shape index (κ1) is 18.1. The van der Waals surface area contributed by atoms with Crippen molar-refractivity contribution >= 4 is 23.5 Å². The van der Waals surface area contributed by atoms with Gasteiger partial charge in [0.1, 0.15) is 5.75 Å². The van der Waals surface area contributed by atoms with Crippen molar-refractivity contribution in [3.8, 4) is 5.75 Å². The van der Waals surface area contributed by atoms with Crippen molar-refractivity contribution in [3.05, 3.63) is 59.7 Å². The van der Waals surface area contributed by atoms with Crippen LogP contribution in [0.5, 0.6) is 5.75 Å². The monoisotopic (exact) mass is 343 g/mol. The molecular formula is C19H21NO3S. The van der Waals surface area contributed by atoms with E-state index in [-0.39, 0.29) is 17.7 Å². The summed E-state index contributed by atoms with van der Waals surface area (Å²) in [5, 5.41) is 2.83. The Hall–Kier alpha value is -2.27. The highest BCUT2D eigenvalue weighted by Gasteiger charge is 2.10. The van der Waals surface area contributed by atoms with E-state index in [4.69, 9.17) is 4.74 Å². The lowest BCUT2D eigenvalue weighted by Gasteiger charge is -2.13. The average Bonchev–Trinajstić information content (AvgIpc) is 2.59. The van der Waals surface area contributed by atoms with Gasteiger partial charge in [-0.2, -0.15) is 0 Å². The molecule has 0 aromatic heterocycles. The van der Waals surface area contributed by atoms with Crippen LogP contribution in [0.2, 0.25) is 0 Å². The summed E-state index contributed by atoms with van der Waals surface area (Å²) in [4.78, 5) is 24.4. The first-order valence-electron chi connectivity index (χ1n) is 7.66. The van der Waals surface area contributed by atoms with Crippen molar-refractivity contribution in [2.45, 2.75) is 24.8 Å². The number of hydrogen-bond acceptors (Lipinski definition) is 4. The number of ketones is 1. The van der Waals surface area contributed by atoms with Crippen LogP contribution in [0.25, 0.3) is 0 Å². The van der Waals surface area contributed by atoms with Crippen molar-refractivity contribution in [1.29, 1.82) is 0 Å². The SMILES string of the molecule is COc1cccc(SCC(=O)c2ccc([C@@H](C)NC(C)=O)cc2)c1. The van der Waals surface area contributed by atoms with Gasteiger partial charge in [-0.15, -0.1) is 11.8 Å². The fourth-order valence-electron chi connectivity index (χ4n) is 2.27. The first-order valence-corrected chi connectivity index (χ1v) is 8.65. The summed E-state index contributed by atoms with van der Waals surface area (Å²) >= 11 is 1.49. The molecule has 0 bridgehead atoms. The summed E-state index contributed by atoms with van der Waals surface area (Å²) < 4.78 is 5.18. The van der Waals surface area contributed by atoms with E-state index in [1.807, 2.05) is 55.5 Å². The number of amides is 1. The van der Waals surface area contributed by atoms with Gasteiger partial charge in [0, 0.05) is 17.4 Å². The van der Waals surface area contributed by atoms with Gasteiger partial charge in [0.15, 0.2) is 5.78 Å². The highest BCUT2D eigenvalue weighted by atomic mass is 32.2. The molecule has 0 aliphatic heterocycles. The van der Waals surface area contributed by atoms with Crippen LogP contribution in [0, 0.1) is 0 Å². The summed E-state index contributed by atoms with van der Waals surface area (Å²) in [6.07, 6.45) is 0. The molecule has 4 nitrogen and oxygen atoms in total. The molecule has 2 aromatic rings. The second-order valence-corrected chi connectivity index (χ2v) is 6.48. The van der Waals surface area contributed by atoms with Crippen molar-refractivity contribution in [2.75, 3.05) is 12.9 Å². The lowest BCUT2D eigenvalue weighted by molar-refractivity contribution is -0.119. The zero-order valence-electron chi connectivity index (χ0n) is 14.0. The lowest BCUT2D eigenvalue weighted by Crippen LogP contribution is -2.23. The molecule has 24 heavy (non-hydrogen) atoms. The van der Waals surface area contributed by atoms with Gasteiger partial charge in [0.2, 0.25) is 5.91 Å². The van der Waals surface area contributed by atoms with Crippen LogP contribution in [-0.2, 0) is 4.79 Å². The fraction of sp³-hybridized carbons (Fsp3) is 0.263. The van der Waals surface area contributed by atoms with Crippen molar-refractivity contribution in [2.24, 2.45) is 0 Å². The van der Waals surface area contributed by atoms with E-state index >= 15 is 0 Å². The lowest BCUT2D eigenvalue weighted by atomic mass is 10.0. The standard InChI is InChI=1S/C19H21NO3S/c1-13(20-14(2)21)15-7-9-16(10-8-15)19(22)12-24-18-6-4-5-17(11-18)23-3/h4-11,13H,12H2,1-3H3,(H,20,21)/t13-/m1/s1. The molecule has 0 fully saturated rings. The molecule has 126 valence electrons. The Labute approximate surface area is 146 Å². The van der Waals surface area contributed by atoms with E-state index in [1.54, 1.807) is 7.11 Å². The summed E-state index contributed by atoms with van der Waals surface area (Å²) in [6.45, 7) is 3.40. The predicted octanol–water partition coefficient (Wildman–Crippen LogP) is 3.87. The van der Waals surface area contributed by atoms with E-state index < -0.39 is 0 Å². The van der Waals surface area contributed by atoms with Crippen molar-refractivity contribution < 1.29 is 14.3 Å². The number of rotatable bonds is 7. The average molecular weight is 343 g/mol. The Balaban J connectivity index is 1.96. The van der Waals surface area contributed by atoms with E-state index in [0.717, 1.165) is 16.2 Å². The number of carbonyl (C=O) groups is 2. The molecule has 1 N–H and O–H groups in total. The summed E-state index contributed by atoms with van der Waals surface area (Å²) in [6, 6.07) is 15.0. The summed E-state index contributed by atoms with van der Waals surface area (Å²) in [5.74, 6) is 1.15. The minimum Gasteiger partial charge on any atom is -0.497 e. The molecule has 1 amide bonds. The maximum absolute atomic E-state index is 12.3. The maximum atomic E-state index is 12.3. The second kappa shape index (κ2) is 8.55. The number of Topliss-reactive ketones (excluding diaryl/α,β-unsaturated/α-hetero) is 1. The summed E-state index contributed by atoms with van der Waals surface area (Å²) in [7, 11) is 1.62. The van der Waals surface area contributed by atoms with Gasteiger partial charge in [0.05, 0.1) is 18.9 Å². The fourth-order valence-corrected chi connectivity index (χ4v) is 3.11. The van der Waals surface area contributed by atoms with Crippen LogP contribution in [0.15, 0.2) is 53.4 Å². The van der Waals surface area contributed by atoms with Gasteiger partial charge in [-0.3, -0.25) is 9.59 Å². The van der Waals surface area contributed by atoms with Gasteiger partial charge < -0.3 is 10.1 Å². The number of methoxy groups -OCH3 is 1. The molecule has 0 aliphatic carbocycles. The Morgan fingerprint density at radius 3 is 2.50 bits per heavy atom. The summed E-state index contributed by atoms with van der Waals surface area (Å²) in [5.41, 5.74) is 1.64. The van der Waals surface area contributed by atoms with Crippen LogP contribution >= 0.6 is 11.8 Å². The minimum atomic E-state index is -0.0719. The van der Waals surface area contributed by atoms with E-state index in [2.05, 4.69) is 5.32 Å². The highest BCUT2D eigenvalue weighted by molar-refractivity contribution is 8.00. The Kier molecular flexibility index (Phi) is 6.44. The third kappa shape index (κ3) is 5.13. The molecule has 0 saturated carbocycles. The smallest absolute Gasteiger partial charge is 0.217 e. The van der Waals surface area contributed by atoms with E-state index in [1.165, 1.54) is 18.7 Å². The van der Waals surface area contributed by atoms with Crippen molar-refractivity contribution in [3.63, 3.8) is 0 Å². The second-order valence-electron chi connectivity index (χ2n) is 5.44. The Bertz CT molecular complexity index is 713. The van der Waals surface area contributed by atoms with Crippen LogP contribution in [-0.4, -0.2) is 24.6 Å². The number of carbonyl (C=O) groups excluding carboxylic acids is 2. The number of hydrogen-bond donors (Lipinski definition) is 1. The number of thioether (sulfide) groups is 1. The maximum Gasteiger partial charge on any atom is 0.217 e. The van der Waals surface area contributed by atoms with Gasteiger partial charge in [-0.05, 0) is 30.7 Å². The normalized spacial score (nSPS) is 11.6. The van der Waals surface area contributed by atoms with Crippen LogP contribution in [0.3, 0.4) is 0 Å². The molecule has 1 atom stereocenters. The number of benzene rings is 2. The molecule has 0 radical (unpaired) electrons. The van der Waals surface area contributed by atoms with Crippen LogP contribution in [0.4, 0.5) is 0 Å². The first-order chi connectivity index (χ1) is 11.5. The topological polar surface area (TPSA) is 55.4 Å². The molecule has 0 heterocycles. The minimum absolute atomic E-state index is 0.0709. The third-order valence-corrected chi connectivity index (χ3v) is 4.56. The Morgan fingerprint density at radius 2 is 1.88 bits per heavy atom. The van der Waals surface area contributed by atoms with Gasteiger partial charge in [0.25, 0.3) is 0 Å². The molecule has 5 heteroatoms. The van der Waals surface area contributed by atoms with Crippen molar-refractivity contribution in [1.82, 2.24) is 5.32 Å². The highest BCUT2D eigenvalue weighted by Crippen LogP contribution is 2.24. The molecule has 2 rings (SSSR count). The molecule has 2 aromatic carbocycles. The van der Waals surface area contributed by atoms with E-state index in [9.17, 15) is 9.59 Å². The number of nitrogens with one attached hydrogen (secondary N) is 1. The largest absolute Gasteiger partial charge is 0.497 e. The quantitative estimate of drug-likeness (QED) is 0.612. The molecular weight excluding hydrogens is 322 g/mol. The zero-order valence-corrected chi connectivity index (χ0v) is 14.9. The van der Waals surface area contributed by atoms with Gasteiger partial charge in [-0.1, -0.05) is 30.3 Å². The third-order valence-electron chi connectivity index (χ3n) is 3.56. The van der Waals surface area contributed by atoms with Crippen LogP contribution < -0.4 is 10.1 Å². The van der Waals surface area contributed by atoms with Gasteiger partial charge >= 0.3 is 0 Å². The molecule has 0 spiro atoms. The molecule has 0 aliphatic rings. The molecule has 0 saturated heterocycles. The molecule has 0 unspecified atom stereocenters. The van der Waals surface area contributed by atoms with Gasteiger partial charge in [-0.25, -0.2) is 0 Å². The predicted molar refractivity (Wildman–Crippen MR) is 96.7 cm³/mol. The zero-order chi connectivity index (χ0) is 17.5. The number of ether oxygens (including phenoxy) is 1. The van der Waals surface area contributed by atoms with Crippen LogP contribution in [0.1, 0.15) is 35.8 Å².